The first-order chi connectivity index (χ1) is 8.91. The number of hydrogen-bond donors (Lipinski definition) is 1. The molecule has 1 fully saturated rings. The lowest BCUT2D eigenvalue weighted by molar-refractivity contribution is 0.198. The Morgan fingerprint density at radius 1 is 1.37 bits per heavy atom. The first-order valence-corrected chi connectivity index (χ1v) is 6.82. The quantitative estimate of drug-likeness (QED) is 0.841. The Hall–Kier alpha value is -1.76. The second-order valence-electron chi connectivity index (χ2n) is 6.38. The van der Waals surface area contributed by atoms with Crippen molar-refractivity contribution in [2.24, 2.45) is 11.3 Å². The van der Waals surface area contributed by atoms with Gasteiger partial charge in [0.25, 0.3) is 0 Å². The van der Waals surface area contributed by atoms with Crippen LogP contribution in [0, 0.1) is 22.7 Å². The fourth-order valence-electron chi connectivity index (χ4n) is 2.77. The van der Waals surface area contributed by atoms with Gasteiger partial charge in [-0.05, 0) is 30.2 Å². The van der Waals surface area contributed by atoms with E-state index in [4.69, 9.17) is 5.73 Å². The van der Waals surface area contributed by atoms with Crippen molar-refractivity contribution in [1.82, 2.24) is 4.98 Å². The maximum absolute atomic E-state index is 9.18. The molecule has 0 atom stereocenters. The minimum atomic E-state index is 0.360. The molecule has 1 aromatic heterocycles. The molecule has 2 N–H and O–H groups in total. The normalized spacial score (nSPS) is 17.3. The summed E-state index contributed by atoms with van der Waals surface area (Å²) in [6.07, 6.45) is 3.94. The van der Waals surface area contributed by atoms with Crippen molar-refractivity contribution in [1.29, 1.82) is 5.26 Å². The van der Waals surface area contributed by atoms with Gasteiger partial charge >= 0.3 is 0 Å². The molecular weight excluding hydrogens is 236 g/mol. The molecule has 102 valence electrons. The summed E-state index contributed by atoms with van der Waals surface area (Å²) in [7, 11) is 0. The van der Waals surface area contributed by atoms with Crippen LogP contribution in [0.15, 0.2) is 12.3 Å². The molecule has 1 aromatic rings. The third kappa shape index (κ3) is 2.98. The van der Waals surface area contributed by atoms with E-state index in [0.29, 0.717) is 16.7 Å². The van der Waals surface area contributed by atoms with Gasteiger partial charge in [-0.3, -0.25) is 0 Å². The standard InChI is InChI=1S/C15H22N4/c1-15(2,3)12-4-6-19(7-5-12)14-11(9-16)8-13(17)10-18-14/h8,10,12H,4-7,17H2,1-3H3. The van der Waals surface area contributed by atoms with Crippen molar-refractivity contribution in [3.8, 4) is 6.07 Å². The topological polar surface area (TPSA) is 65.9 Å². The van der Waals surface area contributed by atoms with E-state index in [9.17, 15) is 5.26 Å². The molecule has 0 radical (unpaired) electrons. The molecule has 1 aliphatic heterocycles. The Bertz CT molecular complexity index is 488. The van der Waals surface area contributed by atoms with E-state index in [-0.39, 0.29) is 0 Å². The highest BCUT2D eigenvalue weighted by atomic mass is 15.2. The highest BCUT2D eigenvalue weighted by Gasteiger charge is 2.29. The molecule has 1 saturated heterocycles. The van der Waals surface area contributed by atoms with Gasteiger partial charge in [0.15, 0.2) is 0 Å². The maximum atomic E-state index is 9.18. The van der Waals surface area contributed by atoms with E-state index in [1.807, 2.05) is 0 Å². The zero-order chi connectivity index (χ0) is 14.0. The first-order valence-electron chi connectivity index (χ1n) is 6.82. The van der Waals surface area contributed by atoms with Gasteiger partial charge < -0.3 is 10.6 Å². The lowest BCUT2D eigenvalue weighted by Gasteiger charge is -2.39. The number of nitrogen functional groups attached to an aromatic ring is 1. The Morgan fingerprint density at radius 2 is 2.00 bits per heavy atom. The summed E-state index contributed by atoms with van der Waals surface area (Å²) in [6.45, 7) is 8.83. The van der Waals surface area contributed by atoms with Crippen molar-refractivity contribution in [2.75, 3.05) is 23.7 Å². The van der Waals surface area contributed by atoms with E-state index in [2.05, 4.69) is 36.7 Å². The zero-order valence-corrected chi connectivity index (χ0v) is 12.0. The van der Waals surface area contributed by atoms with Gasteiger partial charge in [-0.1, -0.05) is 20.8 Å². The fourth-order valence-corrected chi connectivity index (χ4v) is 2.77. The molecule has 0 spiro atoms. The number of nitrogens with two attached hydrogens (primary N) is 1. The second kappa shape index (κ2) is 5.08. The second-order valence-corrected chi connectivity index (χ2v) is 6.38. The smallest absolute Gasteiger partial charge is 0.146 e. The summed E-state index contributed by atoms with van der Waals surface area (Å²) < 4.78 is 0. The summed E-state index contributed by atoms with van der Waals surface area (Å²) in [5.41, 5.74) is 7.16. The number of hydrogen-bond acceptors (Lipinski definition) is 4. The van der Waals surface area contributed by atoms with Gasteiger partial charge in [0.05, 0.1) is 17.4 Å². The third-order valence-electron chi connectivity index (χ3n) is 4.03. The van der Waals surface area contributed by atoms with Gasteiger partial charge in [0, 0.05) is 13.1 Å². The van der Waals surface area contributed by atoms with Crippen LogP contribution in [-0.4, -0.2) is 18.1 Å². The predicted molar refractivity (Wildman–Crippen MR) is 77.8 cm³/mol. The molecule has 4 heteroatoms. The molecule has 2 rings (SSSR count). The molecule has 0 amide bonds. The Morgan fingerprint density at radius 3 is 2.53 bits per heavy atom. The molecule has 19 heavy (non-hydrogen) atoms. The third-order valence-corrected chi connectivity index (χ3v) is 4.03. The van der Waals surface area contributed by atoms with Gasteiger partial charge in [0.1, 0.15) is 11.9 Å². The predicted octanol–water partition coefficient (Wildman–Crippen LogP) is 2.80. The van der Waals surface area contributed by atoms with Crippen molar-refractivity contribution in [3.63, 3.8) is 0 Å². The number of nitriles is 1. The number of rotatable bonds is 1. The van der Waals surface area contributed by atoms with Crippen LogP contribution in [0.25, 0.3) is 0 Å². The first kappa shape index (κ1) is 13.7. The van der Waals surface area contributed by atoms with E-state index < -0.39 is 0 Å². The molecule has 0 saturated carbocycles. The minimum absolute atomic E-state index is 0.360. The fraction of sp³-hybridized carbons (Fsp3) is 0.600. The van der Waals surface area contributed by atoms with E-state index in [0.717, 1.165) is 37.7 Å². The zero-order valence-electron chi connectivity index (χ0n) is 12.0. The Kier molecular flexibility index (Phi) is 3.66. The maximum Gasteiger partial charge on any atom is 0.146 e. The number of pyridine rings is 1. The van der Waals surface area contributed by atoms with Crippen LogP contribution in [0.3, 0.4) is 0 Å². The van der Waals surface area contributed by atoms with Crippen LogP contribution in [-0.2, 0) is 0 Å². The monoisotopic (exact) mass is 258 g/mol. The van der Waals surface area contributed by atoms with Gasteiger partial charge in [-0.25, -0.2) is 4.98 Å². The van der Waals surface area contributed by atoms with Crippen LogP contribution >= 0.6 is 0 Å². The van der Waals surface area contributed by atoms with Gasteiger partial charge in [-0.2, -0.15) is 5.26 Å². The van der Waals surface area contributed by atoms with Gasteiger partial charge in [-0.15, -0.1) is 0 Å². The molecule has 4 nitrogen and oxygen atoms in total. The summed E-state index contributed by atoms with van der Waals surface area (Å²) in [5, 5.41) is 9.18. The highest BCUT2D eigenvalue weighted by Crippen LogP contribution is 2.35. The summed E-state index contributed by atoms with van der Waals surface area (Å²) in [4.78, 5) is 6.55. The van der Waals surface area contributed by atoms with E-state index >= 15 is 0 Å². The summed E-state index contributed by atoms with van der Waals surface area (Å²) in [5.74, 6) is 1.52. The summed E-state index contributed by atoms with van der Waals surface area (Å²) >= 11 is 0. The molecule has 1 aliphatic rings. The van der Waals surface area contributed by atoms with Crippen molar-refractivity contribution in [3.05, 3.63) is 17.8 Å². The van der Waals surface area contributed by atoms with Gasteiger partial charge in [0.2, 0.25) is 0 Å². The SMILES string of the molecule is CC(C)(C)C1CCN(c2ncc(N)cc2C#N)CC1. The largest absolute Gasteiger partial charge is 0.397 e. The molecule has 0 unspecified atom stereocenters. The number of aromatic nitrogens is 1. The number of piperidine rings is 1. The van der Waals surface area contributed by atoms with Crippen LogP contribution in [0.5, 0.6) is 0 Å². The summed E-state index contributed by atoms with van der Waals surface area (Å²) in [6, 6.07) is 3.90. The Balaban J connectivity index is 2.12. The van der Waals surface area contributed by atoms with E-state index in [1.165, 1.54) is 0 Å². The molecule has 0 bridgehead atoms. The van der Waals surface area contributed by atoms with Crippen molar-refractivity contribution >= 4 is 11.5 Å². The lowest BCUT2D eigenvalue weighted by atomic mass is 9.75. The molecule has 0 aromatic carbocycles. The van der Waals surface area contributed by atoms with E-state index in [1.54, 1.807) is 12.3 Å². The molecular formula is C15H22N4. The average molecular weight is 258 g/mol. The molecule has 2 heterocycles. The Labute approximate surface area is 115 Å². The van der Waals surface area contributed by atoms with Crippen molar-refractivity contribution in [2.45, 2.75) is 33.6 Å². The highest BCUT2D eigenvalue weighted by molar-refractivity contribution is 5.59. The lowest BCUT2D eigenvalue weighted by Crippen LogP contribution is -2.38. The van der Waals surface area contributed by atoms with Crippen LogP contribution < -0.4 is 10.6 Å². The molecule has 0 aliphatic carbocycles. The van der Waals surface area contributed by atoms with Crippen LogP contribution in [0.4, 0.5) is 11.5 Å². The number of nitrogens with zero attached hydrogens (tertiary/aromatic N) is 3. The number of anilines is 2. The average Bonchev–Trinajstić information content (AvgIpc) is 2.37. The van der Waals surface area contributed by atoms with Crippen molar-refractivity contribution < 1.29 is 0 Å². The van der Waals surface area contributed by atoms with Crippen LogP contribution in [0.1, 0.15) is 39.2 Å². The minimum Gasteiger partial charge on any atom is -0.397 e. The van der Waals surface area contributed by atoms with Crippen LogP contribution in [0.2, 0.25) is 0 Å².